The molecule has 1 aliphatic carbocycles. The number of benzene rings is 1. The summed E-state index contributed by atoms with van der Waals surface area (Å²) in [5, 5.41) is 14.9. The van der Waals surface area contributed by atoms with Crippen LogP contribution in [0.5, 0.6) is 5.88 Å². The third-order valence-corrected chi connectivity index (χ3v) is 8.34. The van der Waals surface area contributed by atoms with Gasteiger partial charge in [-0.1, -0.05) is 0 Å². The summed E-state index contributed by atoms with van der Waals surface area (Å²) in [6.45, 7) is 5.36. The lowest BCUT2D eigenvalue weighted by Gasteiger charge is -2.31. The summed E-state index contributed by atoms with van der Waals surface area (Å²) in [7, 11) is 6.08. The van der Waals surface area contributed by atoms with Gasteiger partial charge in [0.1, 0.15) is 0 Å². The first-order valence-electron chi connectivity index (χ1n) is 14.9. The highest BCUT2D eigenvalue weighted by Gasteiger charge is 2.37. The van der Waals surface area contributed by atoms with Crippen LogP contribution in [0, 0.1) is 18.8 Å². The maximum atomic E-state index is 13.7. The Morgan fingerprint density at radius 2 is 1.98 bits per heavy atom. The number of fused-ring (bicyclic) bond motifs is 7. The summed E-state index contributed by atoms with van der Waals surface area (Å²) in [4.78, 5) is 23.0. The van der Waals surface area contributed by atoms with E-state index in [4.69, 9.17) is 9.72 Å². The van der Waals surface area contributed by atoms with Gasteiger partial charge in [-0.15, -0.1) is 0 Å². The van der Waals surface area contributed by atoms with Gasteiger partial charge < -0.3 is 30.5 Å². The first kappa shape index (κ1) is 27.4. The van der Waals surface area contributed by atoms with Crippen LogP contribution in [0.2, 0.25) is 0 Å². The van der Waals surface area contributed by atoms with Crippen molar-refractivity contribution < 1.29 is 9.53 Å². The molecule has 0 spiro atoms. The fourth-order valence-electron chi connectivity index (χ4n) is 6.04. The van der Waals surface area contributed by atoms with Crippen LogP contribution in [0.15, 0.2) is 36.5 Å². The van der Waals surface area contributed by atoms with Gasteiger partial charge >= 0.3 is 0 Å². The summed E-state index contributed by atoms with van der Waals surface area (Å²) in [6.07, 6.45) is 7.07. The number of nitrogens with one attached hydrogen (secondary N) is 3. The molecule has 4 heterocycles. The predicted octanol–water partition coefficient (Wildman–Crippen LogP) is 4.30. The first-order valence-corrected chi connectivity index (χ1v) is 14.9. The second-order valence-electron chi connectivity index (χ2n) is 11.9. The lowest BCUT2D eigenvalue weighted by molar-refractivity contribution is 0.0940. The number of ether oxygens (including phenoxy) is 1. The minimum absolute atomic E-state index is 0.140. The zero-order chi connectivity index (χ0) is 28.5. The van der Waals surface area contributed by atoms with Crippen molar-refractivity contribution in [1.29, 1.82) is 0 Å². The van der Waals surface area contributed by atoms with Crippen LogP contribution >= 0.6 is 0 Å². The van der Waals surface area contributed by atoms with E-state index in [1.54, 1.807) is 10.9 Å². The number of aryl methyl sites for hydroxylation is 2. The van der Waals surface area contributed by atoms with Gasteiger partial charge in [-0.2, -0.15) is 5.10 Å². The van der Waals surface area contributed by atoms with E-state index < -0.39 is 0 Å². The number of amides is 1. The molecule has 10 nitrogen and oxygen atoms in total. The number of pyridine rings is 1. The Bertz CT molecular complexity index is 1400. The van der Waals surface area contributed by atoms with E-state index in [0.717, 1.165) is 67.2 Å². The largest absolute Gasteiger partial charge is 0.477 e. The predicted molar refractivity (Wildman–Crippen MR) is 162 cm³/mol. The minimum atomic E-state index is -0.338. The summed E-state index contributed by atoms with van der Waals surface area (Å²) in [5.74, 6) is 1.78. The molecule has 10 heteroatoms. The van der Waals surface area contributed by atoms with E-state index in [1.807, 2.05) is 26.1 Å². The van der Waals surface area contributed by atoms with Crippen LogP contribution in [0.4, 0.5) is 17.1 Å². The van der Waals surface area contributed by atoms with Crippen molar-refractivity contribution in [2.75, 3.05) is 55.9 Å². The van der Waals surface area contributed by atoms with Crippen LogP contribution in [-0.4, -0.2) is 72.2 Å². The molecule has 1 amide bonds. The molecule has 3 N–H and O–H groups in total. The Morgan fingerprint density at radius 1 is 1.12 bits per heavy atom. The molecule has 218 valence electrons. The molecule has 2 bridgehead atoms. The number of rotatable bonds is 6. The number of carbonyl (C=O) groups excluding carboxylic acids is 1. The van der Waals surface area contributed by atoms with Crippen LogP contribution in [0.3, 0.4) is 0 Å². The van der Waals surface area contributed by atoms with Crippen molar-refractivity contribution in [3.8, 4) is 17.1 Å². The van der Waals surface area contributed by atoms with E-state index in [2.05, 4.69) is 63.1 Å². The standard InChI is InChI=1S/C31H42N8O2/c1-20-15-23-16-27(34-20)25-18-33-38(4)30(25)41-14-5-7-22(21-8-9-21)19-39-28-17-24(32-12-6-13-37(2)3)10-11-26(28)35-31(39)36-29(23)40/h10-11,15-18,21-22,31-32,35H,5-9,12-14,19H2,1-4H3,(H,36,40). The van der Waals surface area contributed by atoms with E-state index in [9.17, 15) is 4.79 Å². The Kier molecular flexibility index (Phi) is 7.75. The number of hydrogen-bond acceptors (Lipinski definition) is 8. The van der Waals surface area contributed by atoms with Crippen molar-refractivity contribution in [3.63, 3.8) is 0 Å². The molecule has 2 aromatic heterocycles. The summed E-state index contributed by atoms with van der Waals surface area (Å²) >= 11 is 0. The maximum Gasteiger partial charge on any atom is 0.254 e. The maximum absolute atomic E-state index is 13.7. The van der Waals surface area contributed by atoms with E-state index in [-0.39, 0.29) is 12.2 Å². The summed E-state index contributed by atoms with van der Waals surface area (Å²) in [5.41, 5.74) is 6.10. The zero-order valence-corrected chi connectivity index (χ0v) is 24.6. The number of anilines is 3. The Labute approximate surface area is 242 Å². The third-order valence-electron chi connectivity index (χ3n) is 8.34. The molecule has 2 unspecified atom stereocenters. The number of hydrogen-bond donors (Lipinski definition) is 3. The molecule has 0 saturated heterocycles. The fourth-order valence-corrected chi connectivity index (χ4v) is 6.04. The van der Waals surface area contributed by atoms with Crippen molar-refractivity contribution in [2.24, 2.45) is 18.9 Å². The van der Waals surface area contributed by atoms with Crippen molar-refractivity contribution in [1.82, 2.24) is 25.0 Å². The topological polar surface area (TPSA) is 99.6 Å². The number of nitrogens with zero attached hydrogens (tertiary/aromatic N) is 5. The number of carbonyl (C=O) groups is 1. The molecular weight excluding hydrogens is 516 g/mol. The molecule has 41 heavy (non-hydrogen) atoms. The average molecular weight is 559 g/mol. The molecule has 1 aromatic carbocycles. The highest BCUT2D eigenvalue weighted by atomic mass is 16.5. The summed E-state index contributed by atoms with van der Waals surface area (Å²) in [6, 6.07) is 10.1. The smallest absolute Gasteiger partial charge is 0.254 e. The van der Waals surface area contributed by atoms with E-state index in [0.29, 0.717) is 35.6 Å². The molecular formula is C31H42N8O2. The minimum Gasteiger partial charge on any atom is -0.477 e. The SMILES string of the molecule is Cc1cc2cc(n1)-c1cnn(C)c1OCCCC(C1CC1)CN1c3cc(NCCCN(C)C)ccc3NC1NC2=O. The molecule has 3 aliphatic rings. The highest BCUT2D eigenvalue weighted by Crippen LogP contribution is 2.43. The number of aromatic nitrogens is 3. The molecule has 3 aromatic rings. The second-order valence-corrected chi connectivity index (χ2v) is 11.9. The van der Waals surface area contributed by atoms with Gasteiger partial charge in [-0.05, 0) is 102 Å². The van der Waals surface area contributed by atoms with Crippen molar-refractivity contribution in [3.05, 3.63) is 47.8 Å². The zero-order valence-electron chi connectivity index (χ0n) is 24.6. The summed E-state index contributed by atoms with van der Waals surface area (Å²) < 4.78 is 8.04. The Morgan fingerprint density at radius 3 is 2.78 bits per heavy atom. The molecule has 1 saturated carbocycles. The lowest BCUT2D eigenvalue weighted by atomic mass is 9.97. The van der Waals surface area contributed by atoms with Gasteiger partial charge in [-0.25, -0.2) is 4.68 Å². The van der Waals surface area contributed by atoms with Crippen LogP contribution in [-0.2, 0) is 7.05 Å². The molecule has 2 atom stereocenters. The molecule has 2 aliphatic heterocycles. The van der Waals surface area contributed by atoms with Crippen LogP contribution in [0.25, 0.3) is 11.3 Å². The van der Waals surface area contributed by atoms with Gasteiger partial charge in [0.15, 0.2) is 6.29 Å². The Hall–Kier alpha value is -3.79. The molecule has 0 radical (unpaired) electrons. The lowest BCUT2D eigenvalue weighted by Crippen LogP contribution is -2.51. The monoisotopic (exact) mass is 558 g/mol. The quantitative estimate of drug-likeness (QED) is 0.385. The van der Waals surface area contributed by atoms with Crippen LogP contribution < -0.4 is 25.6 Å². The molecule has 1 fully saturated rings. The Balaban J connectivity index is 1.30. The third kappa shape index (κ3) is 6.12. The van der Waals surface area contributed by atoms with Crippen molar-refractivity contribution >= 4 is 23.0 Å². The van der Waals surface area contributed by atoms with Gasteiger partial charge in [0.2, 0.25) is 5.88 Å². The van der Waals surface area contributed by atoms with Gasteiger partial charge in [0, 0.05) is 37.1 Å². The van der Waals surface area contributed by atoms with E-state index in [1.165, 1.54) is 12.8 Å². The highest BCUT2D eigenvalue weighted by molar-refractivity contribution is 5.96. The fraction of sp³-hybridized carbons (Fsp3) is 0.516. The van der Waals surface area contributed by atoms with Gasteiger partial charge in [0.05, 0.1) is 35.4 Å². The van der Waals surface area contributed by atoms with Crippen molar-refractivity contribution in [2.45, 2.75) is 45.3 Å². The second kappa shape index (κ2) is 11.6. The van der Waals surface area contributed by atoms with Gasteiger partial charge in [0.25, 0.3) is 5.91 Å². The molecule has 6 rings (SSSR count). The normalized spacial score (nSPS) is 20.6. The van der Waals surface area contributed by atoms with Crippen LogP contribution in [0.1, 0.15) is 48.2 Å². The van der Waals surface area contributed by atoms with Gasteiger partial charge in [-0.3, -0.25) is 9.78 Å². The average Bonchev–Trinajstić information content (AvgIpc) is 3.65. The van der Waals surface area contributed by atoms with E-state index >= 15 is 0 Å². The first-order chi connectivity index (χ1) is 19.9.